The zero-order valence-corrected chi connectivity index (χ0v) is 14.5. The molecule has 26 heavy (non-hydrogen) atoms. The lowest BCUT2D eigenvalue weighted by Crippen LogP contribution is -2.06. The van der Waals surface area contributed by atoms with Gasteiger partial charge in [0.15, 0.2) is 17.2 Å². The smallest absolute Gasteiger partial charge is 0.363 e. The van der Waals surface area contributed by atoms with Gasteiger partial charge >= 0.3 is 5.97 Å². The fourth-order valence-electron chi connectivity index (χ4n) is 2.37. The summed E-state index contributed by atoms with van der Waals surface area (Å²) in [6.45, 7) is 0. The second-order valence-electron chi connectivity index (χ2n) is 5.15. The van der Waals surface area contributed by atoms with Crippen molar-refractivity contribution in [1.82, 2.24) is 0 Å². The molecule has 1 aromatic carbocycles. The van der Waals surface area contributed by atoms with Gasteiger partial charge in [-0.05, 0) is 36.4 Å². The summed E-state index contributed by atoms with van der Waals surface area (Å²) in [5, 5.41) is 0. The molecule has 134 valence electrons. The number of carbonyl (C=O) groups excluding carboxylic acids is 1. The van der Waals surface area contributed by atoms with Crippen LogP contribution in [0.25, 0.3) is 6.08 Å². The lowest BCUT2D eigenvalue weighted by Gasteiger charge is -2.13. The zero-order chi connectivity index (χ0) is 18.5. The van der Waals surface area contributed by atoms with Gasteiger partial charge in [-0.3, -0.25) is 0 Å². The van der Waals surface area contributed by atoms with E-state index in [0.717, 1.165) is 0 Å². The van der Waals surface area contributed by atoms with Crippen LogP contribution in [0.1, 0.15) is 11.3 Å². The SMILES string of the molecule is COc1cc(C2=NC(=CC=Cc3ccco3)C(=O)O2)cc(OC)c1OC. The molecule has 0 atom stereocenters. The molecule has 0 saturated heterocycles. The lowest BCUT2D eigenvalue weighted by atomic mass is 10.2. The molecule has 7 heteroatoms. The summed E-state index contributed by atoms with van der Waals surface area (Å²) < 4.78 is 26.3. The van der Waals surface area contributed by atoms with E-state index in [4.69, 9.17) is 23.4 Å². The van der Waals surface area contributed by atoms with Gasteiger partial charge in [0.25, 0.3) is 0 Å². The highest BCUT2D eigenvalue weighted by atomic mass is 16.6. The van der Waals surface area contributed by atoms with Crippen molar-refractivity contribution >= 4 is 17.9 Å². The Labute approximate surface area is 150 Å². The molecule has 2 aromatic rings. The third kappa shape index (κ3) is 3.46. The minimum Gasteiger partial charge on any atom is -0.493 e. The average molecular weight is 355 g/mol. The van der Waals surface area contributed by atoms with Crippen LogP contribution in [0.2, 0.25) is 0 Å². The molecule has 2 heterocycles. The van der Waals surface area contributed by atoms with Gasteiger partial charge in [0.05, 0.1) is 27.6 Å². The van der Waals surface area contributed by atoms with Crippen LogP contribution in [0.15, 0.2) is 57.8 Å². The Hall–Kier alpha value is -3.48. The van der Waals surface area contributed by atoms with Crippen molar-refractivity contribution < 1.29 is 28.2 Å². The molecule has 0 bridgehead atoms. The third-order valence-corrected chi connectivity index (χ3v) is 3.59. The van der Waals surface area contributed by atoms with Gasteiger partial charge in [0.2, 0.25) is 11.6 Å². The minimum absolute atomic E-state index is 0.159. The minimum atomic E-state index is -0.544. The monoisotopic (exact) mass is 355 g/mol. The van der Waals surface area contributed by atoms with Crippen molar-refractivity contribution in [2.75, 3.05) is 21.3 Å². The molecule has 0 unspecified atom stereocenters. The molecule has 0 aliphatic carbocycles. The maximum atomic E-state index is 12.0. The van der Waals surface area contributed by atoms with E-state index in [1.165, 1.54) is 21.3 Å². The summed E-state index contributed by atoms with van der Waals surface area (Å²) in [6.07, 6.45) is 6.50. The van der Waals surface area contributed by atoms with Crippen molar-refractivity contribution in [1.29, 1.82) is 0 Å². The van der Waals surface area contributed by atoms with E-state index in [1.807, 2.05) is 0 Å². The summed E-state index contributed by atoms with van der Waals surface area (Å²) in [4.78, 5) is 16.3. The van der Waals surface area contributed by atoms with E-state index in [0.29, 0.717) is 28.6 Å². The maximum absolute atomic E-state index is 12.0. The number of allylic oxidation sites excluding steroid dienone is 2. The first-order chi connectivity index (χ1) is 12.7. The third-order valence-electron chi connectivity index (χ3n) is 3.59. The first-order valence-electron chi connectivity index (χ1n) is 7.69. The molecular weight excluding hydrogens is 338 g/mol. The number of nitrogens with zero attached hydrogens (tertiary/aromatic N) is 1. The van der Waals surface area contributed by atoms with Crippen molar-refractivity contribution in [2.45, 2.75) is 0 Å². The highest BCUT2D eigenvalue weighted by molar-refractivity contribution is 6.11. The van der Waals surface area contributed by atoms with Crippen molar-refractivity contribution in [3.05, 3.63) is 59.7 Å². The van der Waals surface area contributed by atoms with Crippen LogP contribution in [0, 0.1) is 0 Å². The van der Waals surface area contributed by atoms with Gasteiger partial charge in [-0.25, -0.2) is 9.79 Å². The molecule has 0 radical (unpaired) electrons. The van der Waals surface area contributed by atoms with Crippen LogP contribution in [-0.4, -0.2) is 33.2 Å². The van der Waals surface area contributed by atoms with Gasteiger partial charge in [0.1, 0.15) is 5.76 Å². The number of cyclic esters (lactones) is 1. The highest BCUT2D eigenvalue weighted by Crippen LogP contribution is 2.38. The molecule has 0 N–H and O–H groups in total. The van der Waals surface area contributed by atoms with Gasteiger partial charge in [-0.2, -0.15) is 0 Å². The second kappa shape index (κ2) is 7.60. The van der Waals surface area contributed by atoms with Crippen LogP contribution < -0.4 is 14.2 Å². The van der Waals surface area contributed by atoms with Gasteiger partial charge in [-0.1, -0.05) is 6.08 Å². The highest BCUT2D eigenvalue weighted by Gasteiger charge is 2.26. The van der Waals surface area contributed by atoms with E-state index in [1.54, 1.807) is 48.8 Å². The standard InChI is InChI=1S/C19H17NO6/c1-22-15-10-12(11-16(23-2)17(15)24-3)18-20-14(19(21)26-18)8-4-6-13-7-5-9-25-13/h4-11H,1-3H3. The predicted octanol–water partition coefficient (Wildman–Crippen LogP) is 3.21. The zero-order valence-electron chi connectivity index (χ0n) is 14.5. The van der Waals surface area contributed by atoms with Crippen molar-refractivity contribution in [2.24, 2.45) is 4.99 Å². The largest absolute Gasteiger partial charge is 0.493 e. The Balaban J connectivity index is 1.91. The Morgan fingerprint density at radius 3 is 2.38 bits per heavy atom. The number of hydrogen-bond donors (Lipinski definition) is 0. The summed E-state index contributed by atoms with van der Waals surface area (Å²) >= 11 is 0. The molecule has 1 aliphatic rings. The van der Waals surface area contributed by atoms with Crippen LogP contribution >= 0.6 is 0 Å². The summed E-state index contributed by atoms with van der Waals surface area (Å²) in [7, 11) is 4.53. The number of hydrogen-bond acceptors (Lipinski definition) is 7. The van der Waals surface area contributed by atoms with E-state index in [-0.39, 0.29) is 11.6 Å². The Morgan fingerprint density at radius 1 is 1.08 bits per heavy atom. The number of rotatable bonds is 6. The summed E-state index contributed by atoms with van der Waals surface area (Å²) in [5.74, 6) is 1.61. The van der Waals surface area contributed by atoms with E-state index in [9.17, 15) is 4.79 Å². The van der Waals surface area contributed by atoms with E-state index < -0.39 is 5.97 Å². The average Bonchev–Trinajstić information content (AvgIpc) is 3.30. The number of furan rings is 1. The van der Waals surface area contributed by atoms with Gasteiger partial charge < -0.3 is 23.4 Å². The Morgan fingerprint density at radius 2 is 1.81 bits per heavy atom. The number of ether oxygens (including phenoxy) is 4. The van der Waals surface area contributed by atoms with Crippen LogP contribution in [0.4, 0.5) is 0 Å². The molecule has 0 fully saturated rings. The molecule has 3 rings (SSSR count). The molecule has 1 aliphatic heterocycles. The van der Waals surface area contributed by atoms with E-state index >= 15 is 0 Å². The van der Waals surface area contributed by atoms with Crippen LogP contribution in [-0.2, 0) is 9.53 Å². The second-order valence-corrected chi connectivity index (χ2v) is 5.15. The Bertz CT molecular complexity index is 868. The summed E-state index contributed by atoms with van der Waals surface area (Å²) in [5.41, 5.74) is 0.711. The maximum Gasteiger partial charge on any atom is 0.363 e. The van der Waals surface area contributed by atoms with Crippen molar-refractivity contribution in [3.63, 3.8) is 0 Å². The normalized spacial score (nSPS) is 15.3. The number of methoxy groups -OCH3 is 3. The molecule has 0 spiro atoms. The number of carbonyl (C=O) groups is 1. The number of benzene rings is 1. The first kappa shape index (κ1) is 17.3. The molecule has 1 aromatic heterocycles. The number of aliphatic imine (C=N–C) groups is 1. The number of esters is 1. The van der Waals surface area contributed by atoms with Crippen LogP contribution in [0.5, 0.6) is 17.2 Å². The van der Waals surface area contributed by atoms with Gasteiger partial charge in [-0.15, -0.1) is 0 Å². The lowest BCUT2D eigenvalue weighted by molar-refractivity contribution is -0.130. The molecule has 0 amide bonds. The topological polar surface area (TPSA) is 79.5 Å². The quantitative estimate of drug-likeness (QED) is 0.585. The fourth-order valence-corrected chi connectivity index (χ4v) is 2.37. The van der Waals surface area contributed by atoms with Crippen molar-refractivity contribution in [3.8, 4) is 17.2 Å². The molecule has 7 nitrogen and oxygen atoms in total. The molecular formula is C19H17NO6. The predicted molar refractivity (Wildman–Crippen MR) is 94.6 cm³/mol. The fraction of sp³-hybridized carbons (Fsp3) is 0.158. The van der Waals surface area contributed by atoms with Crippen LogP contribution in [0.3, 0.4) is 0 Å². The summed E-state index contributed by atoms with van der Waals surface area (Å²) in [6, 6.07) is 6.90. The first-order valence-corrected chi connectivity index (χ1v) is 7.69. The Kier molecular flexibility index (Phi) is 5.07. The van der Waals surface area contributed by atoms with Gasteiger partial charge in [0, 0.05) is 5.56 Å². The van der Waals surface area contributed by atoms with E-state index in [2.05, 4.69) is 4.99 Å². The molecule has 0 saturated carbocycles.